The Kier molecular flexibility index (Phi) is 4.25. The second-order valence-corrected chi connectivity index (χ2v) is 4.30. The highest BCUT2D eigenvalue weighted by Gasteiger charge is 2.16. The van der Waals surface area contributed by atoms with E-state index in [1.165, 1.54) is 6.39 Å². The van der Waals surface area contributed by atoms with E-state index in [1.807, 2.05) is 30.3 Å². The van der Waals surface area contributed by atoms with E-state index in [9.17, 15) is 4.79 Å². The summed E-state index contributed by atoms with van der Waals surface area (Å²) in [5.41, 5.74) is 6.91. The quantitative estimate of drug-likeness (QED) is 0.846. The zero-order valence-electron chi connectivity index (χ0n) is 10.6. The van der Waals surface area contributed by atoms with Crippen molar-refractivity contribution in [2.24, 2.45) is 5.73 Å². The number of nitrogens with one attached hydrogen (secondary N) is 1. The molecule has 6 nitrogen and oxygen atoms in total. The molecule has 0 radical (unpaired) electrons. The van der Waals surface area contributed by atoms with Crippen LogP contribution in [-0.4, -0.2) is 16.0 Å². The van der Waals surface area contributed by atoms with Gasteiger partial charge in [-0.2, -0.15) is 4.98 Å². The lowest BCUT2D eigenvalue weighted by molar-refractivity contribution is -0.122. The monoisotopic (exact) mass is 260 g/mol. The Morgan fingerprint density at radius 2 is 2.16 bits per heavy atom. The standard InChI is InChI=1S/C13H16N4O2/c1-9(13-15-8-19-17-13)16-12(18)7-11(14)10-5-3-2-4-6-10/h2-6,8-9,11H,7,14H2,1H3,(H,16,18). The number of aromatic nitrogens is 2. The molecule has 100 valence electrons. The van der Waals surface area contributed by atoms with Crippen LogP contribution in [0.2, 0.25) is 0 Å². The molecule has 0 fully saturated rings. The van der Waals surface area contributed by atoms with E-state index in [4.69, 9.17) is 5.73 Å². The van der Waals surface area contributed by atoms with Gasteiger partial charge in [-0.3, -0.25) is 4.79 Å². The van der Waals surface area contributed by atoms with Crippen molar-refractivity contribution in [3.8, 4) is 0 Å². The highest BCUT2D eigenvalue weighted by molar-refractivity contribution is 5.77. The molecule has 1 aromatic heterocycles. The summed E-state index contributed by atoms with van der Waals surface area (Å²) in [6.07, 6.45) is 1.44. The number of amides is 1. The molecule has 0 aliphatic rings. The average molecular weight is 260 g/mol. The molecule has 3 N–H and O–H groups in total. The fourth-order valence-corrected chi connectivity index (χ4v) is 1.75. The molecule has 0 saturated heterocycles. The van der Waals surface area contributed by atoms with E-state index in [1.54, 1.807) is 6.92 Å². The Morgan fingerprint density at radius 1 is 1.42 bits per heavy atom. The lowest BCUT2D eigenvalue weighted by atomic mass is 10.0. The summed E-state index contributed by atoms with van der Waals surface area (Å²) in [5.74, 6) is 0.301. The maximum Gasteiger partial charge on any atom is 0.222 e. The minimum atomic E-state index is -0.321. The summed E-state index contributed by atoms with van der Waals surface area (Å²) in [6, 6.07) is 8.90. The maximum atomic E-state index is 11.9. The molecular weight excluding hydrogens is 244 g/mol. The lowest BCUT2D eigenvalue weighted by Gasteiger charge is -2.14. The summed E-state index contributed by atoms with van der Waals surface area (Å²) < 4.78 is 4.63. The van der Waals surface area contributed by atoms with Crippen LogP contribution in [0.4, 0.5) is 0 Å². The number of nitrogens with two attached hydrogens (primary N) is 1. The summed E-state index contributed by atoms with van der Waals surface area (Å²) in [4.78, 5) is 15.7. The Labute approximate surface area is 111 Å². The van der Waals surface area contributed by atoms with Gasteiger partial charge in [-0.1, -0.05) is 35.5 Å². The van der Waals surface area contributed by atoms with E-state index in [0.29, 0.717) is 5.82 Å². The zero-order valence-corrected chi connectivity index (χ0v) is 10.6. The number of carbonyl (C=O) groups excluding carboxylic acids is 1. The Morgan fingerprint density at radius 3 is 2.79 bits per heavy atom. The fourth-order valence-electron chi connectivity index (χ4n) is 1.75. The predicted octanol–water partition coefficient (Wildman–Crippen LogP) is 1.34. The van der Waals surface area contributed by atoms with Crippen molar-refractivity contribution in [3.63, 3.8) is 0 Å². The number of hydrogen-bond donors (Lipinski definition) is 2. The van der Waals surface area contributed by atoms with Gasteiger partial charge in [-0.15, -0.1) is 0 Å². The number of nitrogens with zero attached hydrogens (tertiary/aromatic N) is 2. The lowest BCUT2D eigenvalue weighted by Crippen LogP contribution is -2.30. The van der Waals surface area contributed by atoms with Crippen molar-refractivity contribution >= 4 is 5.91 Å². The first-order chi connectivity index (χ1) is 9.16. The molecule has 2 aromatic rings. The smallest absolute Gasteiger partial charge is 0.222 e. The van der Waals surface area contributed by atoms with Crippen LogP contribution in [0, 0.1) is 0 Å². The average Bonchev–Trinajstić information content (AvgIpc) is 2.93. The third-order valence-electron chi connectivity index (χ3n) is 2.78. The van der Waals surface area contributed by atoms with Gasteiger partial charge in [0.1, 0.15) is 0 Å². The third-order valence-corrected chi connectivity index (χ3v) is 2.78. The Bertz CT molecular complexity index is 513. The number of benzene rings is 1. The second-order valence-electron chi connectivity index (χ2n) is 4.30. The number of carbonyl (C=O) groups is 1. The van der Waals surface area contributed by atoms with Crippen molar-refractivity contribution in [1.29, 1.82) is 0 Å². The highest BCUT2D eigenvalue weighted by Crippen LogP contribution is 2.14. The van der Waals surface area contributed by atoms with Gasteiger partial charge in [0.25, 0.3) is 0 Å². The minimum absolute atomic E-state index is 0.145. The minimum Gasteiger partial charge on any atom is -0.346 e. The van der Waals surface area contributed by atoms with Crippen LogP contribution >= 0.6 is 0 Å². The molecule has 2 atom stereocenters. The van der Waals surface area contributed by atoms with Gasteiger partial charge in [0.05, 0.1) is 6.04 Å². The summed E-state index contributed by atoms with van der Waals surface area (Å²) in [7, 11) is 0. The molecule has 2 rings (SSSR count). The molecule has 0 aliphatic carbocycles. The molecule has 1 heterocycles. The molecule has 0 saturated carbocycles. The maximum absolute atomic E-state index is 11.9. The molecule has 1 amide bonds. The topological polar surface area (TPSA) is 94.0 Å². The van der Waals surface area contributed by atoms with Gasteiger partial charge in [0.2, 0.25) is 12.3 Å². The molecule has 0 bridgehead atoms. The van der Waals surface area contributed by atoms with Gasteiger partial charge in [-0.05, 0) is 12.5 Å². The second kappa shape index (κ2) is 6.10. The Balaban J connectivity index is 1.88. The van der Waals surface area contributed by atoms with Gasteiger partial charge in [-0.25, -0.2) is 0 Å². The SMILES string of the molecule is CC(NC(=O)CC(N)c1ccccc1)c1ncon1. The van der Waals surface area contributed by atoms with Crippen LogP contribution in [0.5, 0.6) is 0 Å². The molecule has 6 heteroatoms. The van der Waals surface area contributed by atoms with Gasteiger partial charge < -0.3 is 15.6 Å². The fraction of sp³-hybridized carbons (Fsp3) is 0.308. The first-order valence-electron chi connectivity index (χ1n) is 6.03. The molecular formula is C13H16N4O2. The molecule has 0 spiro atoms. The van der Waals surface area contributed by atoms with E-state index < -0.39 is 0 Å². The van der Waals surface area contributed by atoms with Gasteiger partial charge >= 0.3 is 0 Å². The number of hydrogen-bond acceptors (Lipinski definition) is 5. The molecule has 1 aromatic carbocycles. The van der Waals surface area contributed by atoms with E-state index >= 15 is 0 Å². The van der Waals surface area contributed by atoms with Crippen molar-refractivity contribution in [1.82, 2.24) is 15.5 Å². The van der Waals surface area contributed by atoms with Gasteiger partial charge in [0, 0.05) is 12.5 Å². The van der Waals surface area contributed by atoms with E-state index in [2.05, 4.69) is 20.0 Å². The predicted molar refractivity (Wildman–Crippen MR) is 68.8 cm³/mol. The highest BCUT2D eigenvalue weighted by atomic mass is 16.5. The largest absolute Gasteiger partial charge is 0.346 e. The summed E-state index contributed by atoms with van der Waals surface area (Å²) >= 11 is 0. The van der Waals surface area contributed by atoms with Crippen LogP contribution in [0.25, 0.3) is 0 Å². The first kappa shape index (κ1) is 13.2. The van der Waals surface area contributed by atoms with Crippen molar-refractivity contribution < 1.29 is 9.32 Å². The van der Waals surface area contributed by atoms with Crippen molar-refractivity contribution in [3.05, 3.63) is 48.1 Å². The van der Waals surface area contributed by atoms with E-state index in [-0.39, 0.29) is 24.4 Å². The third kappa shape index (κ3) is 3.62. The van der Waals surface area contributed by atoms with Crippen molar-refractivity contribution in [2.75, 3.05) is 0 Å². The van der Waals surface area contributed by atoms with Crippen LogP contribution in [-0.2, 0) is 4.79 Å². The van der Waals surface area contributed by atoms with Crippen LogP contribution in [0.1, 0.15) is 36.8 Å². The Hall–Kier alpha value is -2.21. The van der Waals surface area contributed by atoms with E-state index in [0.717, 1.165) is 5.56 Å². The summed E-state index contributed by atoms with van der Waals surface area (Å²) in [6.45, 7) is 1.79. The first-order valence-corrected chi connectivity index (χ1v) is 6.03. The number of rotatable bonds is 5. The van der Waals surface area contributed by atoms with Crippen LogP contribution in [0.3, 0.4) is 0 Å². The normalized spacial score (nSPS) is 13.8. The zero-order chi connectivity index (χ0) is 13.7. The summed E-state index contributed by atoms with van der Waals surface area (Å²) in [5, 5.41) is 6.45. The van der Waals surface area contributed by atoms with Crippen LogP contribution in [0.15, 0.2) is 41.2 Å². The molecule has 2 unspecified atom stereocenters. The van der Waals surface area contributed by atoms with Crippen LogP contribution < -0.4 is 11.1 Å². The van der Waals surface area contributed by atoms with Gasteiger partial charge in [0.15, 0.2) is 5.82 Å². The molecule has 0 aliphatic heterocycles. The van der Waals surface area contributed by atoms with Crippen molar-refractivity contribution in [2.45, 2.75) is 25.4 Å². The molecule has 19 heavy (non-hydrogen) atoms.